The molecule has 1 amide bonds. The lowest BCUT2D eigenvalue weighted by Crippen LogP contribution is -2.11. The molecular weight excluding hydrogens is 372 g/mol. The van der Waals surface area contributed by atoms with Crippen LogP contribution in [-0.4, -0.2) is 10.9 Å². The Labute approximate surface area is 139 Å². The number of benzene rings is 2. The standard InChI is InChI=1S/C15H10BrClN2OS/c1-8-2-3-12-13(4-8)21-15(18-12)19-14(20)9-5-10(16)7-11(17)6-9/h2-7H,1H3,(H,18,19,20). The van der Waals surface area contributed by atoms with E-state index in [0.717, 1.165) is 14.7 Å². The molecule has 0 radical (unpaired) electrons. The van der Waals surface area contributed by atoms with Gasteiger partial charge in [-0.2, -0.15) is 0 Å². The van der Waals surface area contributed by atoms with Crippen molar-refractivity contribution in [3.05, 3.63) is 57.0 Å². The van der Waals surface area contributed by atoms with Gasteiger partial charge in [0.1, 0.15) is 0 Å². The second-order valence-electron chi connectivity index (χ2n) is 4.60. The van der Waals surface area contributed by atoms with Gasteiger partial charge in [-0.05, 0) is 42.8 Å². The number of hydrogen-bond donors (Lipinski definition) is 1. The smallest absolute Gasteiger partial charge is 0.257 e. The average Bonchev–Trinajstić information content (AvgIpc) is 2.78. The maximum absolute atomic E-state index is 12.2. The Bertz CT molecular complexity index is 827. The van der Waals surface area contributed by atoms with Gasteiger partial charge in [0, 0.05) is 15.1 Å². The van der Waals surface area contributed by atoms with E-state index < -0.39 is 0 Å². The molecule has 3 nitrogen and oxygen atoms in total. The van der Waals surface area contributed by atoms with Crippen LogP contribution in [0.4, 0.5) is 5.13 Å². The molecule has 1 heterocycles. The zero-order valence-corrected chi connectivity index (χ0v) is 14.1. The van der Waals surface area contributed by atoms with Crippen molar-refractivity contribution >= 4 is 60.1 Å². The van der Waals surface area contributed by atoms with Crippen molar-refractivity contribution in [2.24, 2.45) is 0 Å². The van der Waals surface area contributed by atoms with Crippen molar-refractivity contribution in [2.45, 2.75) is 6.92 Å². The lowest BCUT2D eigenvalue weighted by Gasteiger charge is -2.03. The van der Waals surface area contributed by atoms with Gasteiger partial charge in [0.15, 0.2) is 5.13 Å². The number of anilines is 1. The van der Waals surface area contributed by atoms with Crippen molar-refractivity contribution in [2.75, 3.05) is 5.32 Å². The number of carbonyl (C=O) groups excluding carboxylic acids is 1. The molecule has 106 valence electrons. The normalized spacial score (nSPS) is 10.8. The molecule has 2 aromatic carbocycles. The first-order chi connectivity index (χ1) is 10.0. The third kappa shape index (κ3) is 3.26. The van der Waals surface area contributed by atoms with Crippen LogP contribution in [0.3, 0.4) is 0 Å². The zero-order valence-electron chi connectivity index (χ0n) is 11.0. The number of aromatic nitrogens is 1. The number of amides is 1. The molecule has 0 saturated carbocycles. The number of aryl methyl sites for hydroxylation is 1. The fourth-order valence-corrected chi connectivity index (χ4v) is 3.76. The Morgan fingerprint density at radius 1 is 1.29 bits per heavy atom. The van der Waals surface area contributed by atoms with E-state index in [4.69, 9.17) is 11.6 Å². The molecular formula is C15H10BrClN2OS. The Morgan fingerprint density at radius 3 is 2.86 bits per heavy atom. The maximum atomic E-state index is 12.2. The minimum absolute atomic E-state index is 0.228. The van der Waals surface area contributed by atoms with Crippen molar-refractivity contribution in [1.29, 1.82) is 0 Å². The van der Waals surface area contributed by atoms with Crippen molar-refractivity contribution in [1.82, 2.24) is 4.98 Å². The first kappa shape index (κ1) is 14.5. The van der Waals surface area contributed by atoms with Crippen LogP contribution in [0, 0.1) is 6.92 Å². The van der Waals surface area contributed by atoms with Crippen LogP contribution in [0.5, 0.6) is 0 Å². The van der Waals surface area contributed by atoms with Crippen LogP contribution in [0.1, 0.15) is 15.9 Å². The van der Waals surface area contributed by atoms with Crippen molar-refractivity contribution in [3.63, 3.8) is 0 Å². The molecule has 3 aromatic rings. The number of hydrogen-bond acceptors (Lipinski definition) is 3. The molecule has 1 N–H and O–H groups in total. The molecule has 0 aliphatic rings. The molecule has 0 unspecified atom stereocenters. The van der Waals surface area contributed by atoms with Crippen LogP contribution in [0.15, 0.2) is 40.9 Å². The van der Waals surface area contributed by atoms with Gasteiger partial charge >= 0.3 is 0 Å². The van der Waals surface area contributed by atoms with E-state index in [1.165, 1.54) is 16.9 Å². The molecule has 0 fully saturated rings. The quantitative estimate of drug-likeness (QED) is 0.657. The summed E-state index contributed by atoms with van der Waals surface area (Å²) in [5.41, 5.74) is 2.54. The zero-order chi connectivity index (χ0) is 15.0. The topological polar surface area (TPSA) is 42.0 Å². The third-order valence-electron chi connectivity index (χ3n) is 2.89. The van der Waals surface area contributed by atoms with E-state index in [1.54, 1.807) is 18.2 Å². The number of fused-ring (bicyclic) bond motifs is 1. The molecule has 1 aromatic heterocycles. The molecule has 6 heteroatoms. The Morgan fingerprint density at radius 2 is 2.10 bits per heavy atom. The number of nitrogens with one attached hydrogen (secondary N) is 1. The predicted molar refractivity (Wildman–Crippen MR) is 91.5 cm³/mol. The monoisotopic (exact) mass is 380 g/mol. The molecule has 0 aliphatic heterocycles. The summed E-state index contributed by atoms with van der Waals surface area (Å²) in [5.74, 6) is -0.228. The summed E-state index contributed by atoms with van der Waals surface area (Å²) in [7, 11) is 0. The van der Waals surface area contributed by atoms with E-state index in [9.17, 15) is 4.79 Å². The van der Waals surface area contributed by atoms with E-state index in [-0.39, 0.29) is 5.91 Å². The van der Waals surface area contributed by atoms with E-state index >= 15 is 0 Å². The first-order valence-electron chi connectivity index (χ1n) is 6.16. The molecule has 3 rings (SSSR count). The SMILES string of the molecule is Cc1ccc2nc(NC(=O)c3cc(Cl)cc(Br)c3)sc2c1. The Hall–Kier alpha value is -1.43. The van der Waals surface area contributed by atoms with Gasteiger partial charge in [0.25, 0.3) is 5.91 Å². The summed E-state index contributed by atoms with van der Waals surface area (Å²) in [6, 6.07) is 11.1. The molecule has 0 aliphatic carbocycles. The molecule has 0 saturated heterocycles. The minimum atomic E-state index is -0.228. The van der Waals surface area contributed by atoms with Gasteiger partial charge in [0.05, 0.1) is 10.2 Å². The second-order valence-corrected chi connectivity index (χ2v) is 6.99. The van der Waals surface area contributed by atoms with Crippen LogP contribution < -0.4 is 5.32 Å². The number of thiazole rings is 1. The van der Waals surface area contributed by atoms with Crippen molar-refractivity contribution in [3.8, 4) is 0 Å². The highest BCUT2D eigenvalue weighted by Gasteiger charge is 2.11. The van der Waals surface area contributed by atoms with Crippen LogP contribution in [-0.2, 0) is 0 Å². The Balaban J connectivity index is 1.88. The fraction of sp³-hybridized carbons (Fsp3) is 0.0667. The third-order valence-corrected chi connectivity index (χ3v) is 4.50. The summed E-state index contributed by atoms with van der Waals surface area (Å²) < 4.78 is 1.82. The summed E-state index contributed by atoms with van der Waals surface area (Å²) in [6.07, 6.45) is 0. The van der Waals surface area contributed by atoms with Crippen LogP contribution >= 0.6 is 38.9 Å². The largest absolute Gasteiger partial charge is 0.298 e. The molecule has 0 bridgehead atoms. The summed E-state index contributed by atoms with van der Waals surface area (Å²) >= 11 is 10.7. The van der Waals surface area contributed by atoms with Crippen LogP contribution in [0.25, 0.3) is 10.2 Å². The average molecular weight is 382 g/mol. The van der Waals surface area contributed by atoms with Gasteiger partial charge in [-0.3, -0.25) is 10.1 Å². The van der Waals surface area contributed by atoms with Crippen LogP contribution in [0.2, 0.25) is 5.02 Å². The lowest BCUT2D eigenvalue weighted by molar-refractivity contribution is 0.102. The molecule has 0 atom stereocenters. The van der Waals surface area contributed by atoms with E-state index in [2.05, 4.69) is 32.3 Å². The van der Waals surface area contributed by atoms with Gasteiger partial charge in [-0.25, -0.2) is 4.98 Å². The highest BCUT2D eigenvalue weighted by atomic mass is 79.9. The van der Waals surface area contributed by atoms with Gasteiger partial charge in [-0.1, -0.05) is 44.9 Å². The minimum Gasteiger partial charge on any atom is -0.298 e. The highest BCUT2D eigenvalue weighted by Crippen LogP contribution is 2.27. The fourth-order valence-electron chi connectivity index (χ4n) is 1.94. The van der Waals surface area contributed by atoms with Gasteiger partial charge < -0.3 is 0 Å². The molecule has 0 spiro atoms. The maximum Gasteiger partial charge on any atom is 0.257 e. The van der Waals surface area contributed by atoms with E-state index in [1.807, 2.05) is 19.1 Å². The summed E-state index contributed by atoms with van der Waals surface area (Å²) in [6.45, 7) is 2.03. The van der Waals surface area contributed by atoms with Gasteiger partial charge in [0.2, 0.25) is 0 Å². The number of nitrogens with zero attached hydrogens (tertiary/aromatic N) is 1. The van der Waals surface area contributed by atoms with Crippen molar-refractivity contribution < 1.29 is 4.79 Å². The summed E-state index contributed by atoms with van der Waals surface area (Å²) in [4.78, 5) is 16.6. The van der Waals surface area contributed by atoms with E-state index in [0.29, 0.717) is 15.7 Å². The lowest BCUT2D eigenvalue weighted by atomic mass is 10.2. The predicted octanol–water partition coefficient (Wildman–Crippen LogP) is 5.27. The molecule has 21 heavy (non-hydrogen) atoms. The summed E-state index contributed by atoms with van der Waals surface area (Å²) in [5, 5.41) is 3.90. The Kier molecular flexibility index (Phi) is 3.97. The second kappa shape index (κ2) is 5.75. The first-order valence-corrected chi connectivity index (χ1v) is 8.15. The number of carbonyl (C=O) groups is 1. The number of halogens is 2. The highest BCUT2D eigenvalue weighted by molar-refractivity contribution is 9.10. The number of rotatable bonds is 2. The van der Waals surface area contributed by atoms with Gasteiger partial charge in [-0.15, -0.1) is 0 Å².